The van der Waals surface area contributed by atoms with Gasteiger partial charge in [0.15, 0.2) is 0 Å². The van der Waals surface area contributed by atoms with Crippen LogP contribution in [0, 0.1) is 11.5 Å². The first-order chi connectivity index (χ1) is 11.9. The zero-order chi connectivity index (χ0) is 18.1. The molecule has 3 nitrogen and oxygen atoms in total. The summed E-state index contributed by atoms with van der Waals surface area (Å²) in [6, 6.07) is 17.8. The van der Waals surface area contributed by atoms with Crippen LogP contribution in [0.1, 0.15) is 16.7 Å². The first-order valence-corrected chi connectivity index (χ1v) is 12.0. The molecule has 2 aromatic rings. The molecule has 4 heteroatoms. The van der Waals surface area contributed by atoms with Gasteiger partial charge in [0.05, 0.1) is 0 Å². The third kappa shape index (κ3) is 7.28. The Bertz CT molecular complexity index is 755. The van der Waals surface area contributed by atoms with Crippen LogP contribution in [0.5, 0.6) is 0 Å². The number of benzene rings is 2. The number of ether oxygens (including phenoxy) is 1. The van der Waals surface area contributed by atoms with Gasteiger partial charge >= 0.3 is 6.09 Å². The molecular formula is C21H25NO2Si. The Kier molecular flexibility index (Phi) is 6.85. The molecule has 0 aliphatic heterocycles. The molecule has 2 aromatic carbocycles. The molecule has 0 fully saturated rings. The SMILES string of the molecule is C[Si](C)(C)C#Cc1ccccc1CCNC(=O)OCc1ccccc1. The second kappa shape index (κ2) is 9.10. The van der Waals surface area contributed by atoms with Crippen LogP contribution < -0.4 is 5.32 Å². The van der Waals surface area contributed by atoms with Crippen molar-refractivity contribution in [1.29, 1.82) is 0 Å². The first-order valence-electron chi connectivity index (χ1n) is 8.50. The van der Waals surface area contributed by atoms with E-state index in [1.165, 1.54) is 0 Å². The molecule has 0 saturated carbocycles. The summed E-state index contributed by atoms with van der Waals surface area (Å²) >= 11 is 0. The van der Waals surface area contributed by atoms with Gasteiger partial charge < -0.3 is 10.1 Å². The molecule has 0 bridgehead atoms. The molecule has 0 aliphatic carbocycles. The van der Waals surface area contributed by atoms with E-state index in [0.29, 0.717) is 6.54 Å². The highest BCUT2D eigenvalue weighted by molar-refractivity contribution is 6.83. The minimum absolute atomic E-state index is 0.283. The lowest BCUT2D eigenvalue weighted by molar-refractivity contribution is 0.140. The van der Waals surface area contributed by atoms with Gasteiger partial charge in [-0.2, -0.15) is 0 Å². The Morgan fingerprint density at radius 1 is 1.04 bits per heavy atom. The Balaban J connectivity index is 1.83. The normalized spacial score (nSPS) is 10.5. The predicted octanol–water partition coefficient (Wildman–Crippen LogP) is 4.38. The molecule has 0 heterocycles. The van der Waals surface area contributed by atoms with Crippen LogP contribution in [0.3, 0.4) is 0 Å². The molecule has 0 radical (unpaired) electrons. The number of amides is 1. The third-order valence-corrected chi connectivity index (χ3v) is 4.34. The number of carbonyl (C=O) groups excluding carboxylic acids is 1. The van der Waals surface area contributed by atoms with Crippen molar-refractivity contribution in [2.24, 2.45) is 0 Å². The van der Waals surface area contributed by atoms with Crippen molar-refractivity contribution in [2.45, 2.75) is 32.7 Å². The zero-order valence-electron chi connectivity index (χ0n) is 15.1. The fourth-order valence-corrected chi connectivity index (χ4v) is 2.70. The van der Waals surface area contributed by atoms with E-state index < -0.39 is 14.2 Å². The van der Waals surface area contributed by atoms with Gasteiger partial charge in [0.25, 0.3) is 0 Å². The molecule has 0 saturated heterocycles. The monoisotopic (exact) mass is 351 g/mol. The summed E-state index contributed by atoms with van der Waals surface area (Å²) in [6.07, 6.45) is 0.339. The van der Waals surface area contributed by atoms with Crippen LogP contribution in [-0.4, -0.2) is 20.7 Å². The van der Waals surface area contributed by atoms with E-state index >= 15 is 0 Å². The first kappa shape index (κ1) is 18.8. The summed E-state index contributed by atoms with van der Waals surface area (Å²) < 4.78 is 5.22. The number of carbonyl (C=O) groups is 1. The molecule has 25 heavy (non-hydrogen) atoms. The smallest absolute Gasteiger partial charge is 0.407 e. The van der Waals surface area contributed by atoms with Crippen LogP contribution in [0.15, 0.2) is 54.6 Å². The van der Waals surface area contributed by atoms with Gasteiger partial charge in [-0.1, -0.05) is 74.1 Å². The van der Waals surface area contributed by atoms with Crippen molar-refractivity contribution >= 4 is 14.2 Å². The molecule has 1 amide bonds. The number of nitrogens with one attached hydrogen (secondary N) is 1. The van der Waals surface area contributed by atoms with E-state index in [0.717, 1.165) is 23.1 Å². The van der Waals surface area contributed by atoms with Crippen molar-refractivity contribution < 1.29 is 9.53 Å². The Hall–Kier alpha value is -2.51. The number of rotatable bonds is 5. The van der Waals surface area contributed by atoms with Crippen molar-refractivity contribution in [3.63, 3.8) is 0 Å². The van der Waals surface area contributed by atoms with Gasteiger partial charge in [-0.3, -0.25) is 0 Å². The topological polar surface area (TPSA) is 38.3 Å². The summed E-state index contributed by atoms with van der Waals surface area (Å²) in [4.78, 5) is 11.8. The summed E-state index contributed by atoms with van der Waals surface area (Å²) in [5.74, 6) is 3.31. The van der Waals surface area contributed by atoms with Gasteiger partial charge in [0.2, 0.25) is 0 Å². The van der Waals surface area contributed by atoms with Gasteiger partial charge in [-0.05, 0) is 23.6 Å². The highest BCUT2D eigenvalue weighted by Crippen LogP contribution is 2.09. The maximum absolute atomic E-state index is 11.8. The maximum Gasteiger partial charge on any atom is 0.407 e. The van der Waals surface area contributed by atoms with Crippen LogP contribution >= 0.6 is 0 Å². The summed E-state index contributed by atoms with van der Waals surface area (Å²) in [5.41, 5.74) is 6.56. The van der Waals surface area contributed by atoms with Gasteiger partial charge in [-0.25, -0.2) is 4.79 Å². The van der Waals surface area contributed by atoms with Crippen molar-refractivity contribution in [3.8, 4) is 11.5 Å². The average molecular weight is 352 g/mol. The van der Waals surface area contributed by atoms with Crippen LogP contribution in [0.2, 0.25) is 19.6 Å². The van der Waals surface area contributed by atoms with E-state index in [4.69, 9.17) is 4.74 Å². The van der Waals surface area contributed by atoms with E-state index in [9.17, 15) is 4.79 Å². The quantitative estimate of drug-likeness (QED) is 0.641. The highest BCUT2D eigenvalue weighted by atomic mass is 28.3. The van der Waals surface area contributed by atoms with Crippen LogP contribution in [-0.2, 0) is 17.8 Å². The minimum atomic E-state index is -1.41. The molecule has 0 aliphatic rings. The molecule has 0 spiro atoms. The minimum Gasteiger partial charge on any atom is -0.445 e. The predicted molar refractivity (Wildman–Crippen MR) is 105 cm³/mol. The Labute approximate surface area is 151 Å². The van der Waals surface area contributed by atoms with Crippen LogP contribution in [0.25, 0.3) is 0 Å². The number of hydrogen-bond donors (Lipinski definition) is 1. The average Bonchev–Trinajstić information content (AvgIpc) is 2.59. The molecule has 0 unspecified atom stereocenters. The van der Waals surface area contributed by atoms with Crippen LogP contribution in [0.4, 0.5) is 4.79 Å². The van der Waals surface area contributed by atoms with Gasteiger partial charge in [-0.15, -0.1) is 5.54 Å². The zero-order valence-corrected chi connectivity index (χ0v) is 16.1. The van der Waals surface area contributed by atoms with E-state index in [2.05, 4.69) is 42.5 Å². The maximum atomic E-state index is 11.8. The molecule has 1 N–H and O–H groups in total. The standard InChI is InChI=1S/C21H25NO2Si/c1-25(2,3)16-14-20-12-8-7-11-19(20)13-15-22-21(23)24-17-18-9-5-4-6-10-18/h4-12H,13,15,17H2,1-3H3,(H,22,23). The van der Waals surface area contributed by atoms with Gasteiger partial charge in [0.1, 0.15) is 14.7 Å². The fourth-order valence-electron chi connectivity index (χ4n) is 2.19. The lowest BCUT2D eigenvalue weighted by Gasteiger charge is -2.09. The second-order valence-electron chi connectivity index (χ2n) is 6.90. The highest BCUT2D eigenvalue weighted by Gasteiger charge is 2.08. The molecule has 0 aromatic heterocycles. The van der Waals surface area contributed by atoms with Crippen molar-refractivity contribution in [1.82, 2.24) is 5.32 Å². The molecule has 2 rings (SSSR count). The number of hydrogen-bond acceptors (Lipinski definition) is 2. The summed E-state index contributed by atoms with van der Waals surface area (Å²) in [7, 11) is -1.41. The largest absolute Gasteiger partial charge is 0.445 e. The lowest BCUT2D eigenvalue weighted by atomic mass is 10.1. The second-order valence-corrected chi connectivity index (χ2v) is 11.6. The Morgan fingerprint density at radius 3 is 2.44 bits per heavy atom. The van der Waals surface area contributed by atoms with Crippen molar-refractivity contribution in [2.75, 3.05) is 6.54 Å². The fraction of sp³-hybridized carbons (Fsp3) is 0.286. The third-order valence-electron chi connectivity index (χ3n) is 3.47. The molecule has 130 valence electrons. The summed E-state index contributed by atoms with van der Waals surface area (Å²) in [6.45, 7) is 7.50. The summed E-state index contributed by atoms with van der Waals surface area (Å²) in [5, 5.41) is 2.80. The van der Waals surface area contributed by atoms with E-state index in [1.54, 1.807) is 0 Å². The van der Waals surface area contributed by atoms with E-state index in [-0.39, 0.29) is 6.61 Å². The number of alkyl carbamates (subject to hydrolysis) is 1. The van der Waals surface area contributed by atoms with E-state index in [1.807, 2.05) is 48.5 Å². The molecule has 0 atom stereocenters. The van der Waals surface area contributed by atoms with Gasteiger partial charge in [0, 0.05) is 12.1 Å². The lowest BCUT2D eigenvalue weighted by Crippen LogP contribution is -2.26. The van der Waals surface area contributed by atoms with Crippen molar-refractivity contribution in [3.05, 3.63) is 71.3 Å². The Morgan fingerprint density at radius 2 is 1.72 bits per heavy atom. The molecular weight excluding hydrogens is 326 g/mol.